The van der Waals surface area contributed by atoms with E-state index in [4.69, 9.17) is 17.3 Å². The molecule has 0 radical (unpaired) electrons. The minimum Gasteiger partial charge on any atom is -0.399 e. The minimum atomic E-state index is -4.86. The van der Waals surface area contributed by atoms with Gasteiger partial charge in [0.2, 0.25) is 0 Å². The molecule has 0 saturated carbocycles. The summed E-state index contributed by atoms with van der Waals surface area (Å²) in [5.41, 5.74) is 9.81. The van der Waals surface area contributed by atoms with Crippen molar-refractivity contribution in [1.29, 1.82) is 0 Å². The van der Waals surface area contributed by atoms with E-state index in [2.05, 4.69) is 5.32 Å². The zero-order valence-corrected chi connectivity index (χ0v) is 15.2. The molecule has 0 unspecified atom stereocenters. The van der Waals surface area contributed by atoms with Gasteiger partial charge in [-0.25, -0.2) is 0 Å². The van der Waals surface area contributed by atoms with Crippen LogP contribution in [-0.2, 0) is 24.2 Å². The fraction of sp³-hybridized carbons (Fsp3) is 0.316. The first kappa shape index (κ1) is 19.4. The van der Waals surface area contributed by atoms with Crippen molar-refractivity contribution in [2.45, 2.75) is 25.6 Å². The number of nitrogens with two attached hydrogens (primary N) is 1. The summed E-state index contributed by atoms with van der Waals surface area (Å²) in [5.74, 6) is -1.79. The number of anilines is 2. The van der Waals surface area contributed by atoms with Crippen LogP contribution in [-0.4, -0.2) is 30.1 Å². The van der Waals surface area contributed by atoms with E-state index in [1.165, 1.54) is 0 Å². The topological polar surface area (TPSA) is 58.4 Å². The summed E-state index contributed by atoms with van der Waals surface area (Å²) in [6.45, 7) is 0.536. The molecular weight excluding hydrogens is 379 g/mol. The number of benzene rings is 2. The van der Waals surface area contributed by atoms with Gasteiger partial charge in [-0.05, 0) is 47.7 Å². The number of fused-ring (bicyclic) bond motifs is 1. The highest BCUT2D eigenvalue weighted by Crippen LogP contribution is 2.32. The molecule has 0 atom stereocenters. The third kappa shape index (κ3) is 4.47. The highest BCUT2D eigenvalue weighted by atomic mass is 35.5. The molecule has 1 heterocycles. The largest absolute Gasteiger partial charge is 0.471 e. The van der Waals surface area contributed by atoms with E-state index < -0.39 is 12.1 Å². The van der Waals surface area contributed by atoms with Gasteiger partial charge in [-0.3, -0.25) is 4.79 Å². The second-order valence-electron chi connectivity index (χ2n) is 6.45. The highest BCUT2D eigenvalue weighted by Gasteiger charge is 2.42. The Morgan fingerprint density at radius 2 is 1.78 bits per heavy atom. The number of carbonyl (C=O) groups excluding carboxylic acids is 1. The Bertz CT molecular complexity index is 837. The van der Waals surface area contributed by atoms with Crippen molar-refractivity contribution in [3.05, 3.63) is 58.1 Å². The van der Waals surface area contributed by atoms with E-state index in [1.54, 1.807) is 18.2 Å². The Balaban J connectivity index is 1.79. The number of alkyl halides is 3. The lowest BCUT2D eigenvalue weighted by Gasteiger charge is -2.21. The lowest BCUT2D eigenvalue weighted by Crippen LogP contribution is -2.42. The van der Waals surface area contributed by atoms with E-state index in [1.807, 2.05) is 18.2 Å². The number of nitrogens with zero attached hydrogens (tertiary/aromatic N) is 1. The molecule has 0 spiro atoms. The monoisotopic (exact) mass is 397 g/mol. The highest BCUT2D eigenvalue weighted by molar-refractivity contribution is 6.33. The summed E-state index contributed by atoms with van der Waals surface area (Å²) in [6, 6.07) is 10.9. The summed E-state index contributed by atoms with van der Waals surface area (Å²) >= 11 is 6.33. The summed E-state index contributed by atoms with van der Waals surface area (Å²) in [4.78, 5) is 12.4. The lowest BCUT2D eigenvalue weighted by molar-refractivity contribution is -0.185. The quantitative estimate of drug-likeness (QED) is 0.769. The van der Waals surface area contributed by atoms with E-state index >= 15 is 0 Å². The van der Waals surface area contributed by atoms with Crippen LogP contribution in [0.4, 0.5) is 24.5 Å². The van der Waals surface area contributed by atoms with Crippen LogP contribution in [0.15, 0.2) is 36.4 Å². The molecule has 0 aliphatic carbocycles. The van der Waals surface area contributed by atoms with Gasteiger partial charge in [-0.15, -0.1) is 0 Å². The molecule has 2 aromatic carbocycles. The molecule has 3 rings (SSSR count). The van der Waals surface area contributed by atoms with Gasteiger partial charge in [-0.1, -0.05) is 29.8 Å². The van der Waals surface area contributed by atoms with E-state index in [9.17, 15) is 18.0 Å². The molecular formula is C19H19ClF3N3O. The second-order valence-corrected chi connectivity index (χ2v) is 6.85. The molecule has 3 N–H and O–H groups in total. The smallest absolute Gasteiger partial charge is 0.399 e. The number of amides is 1. The summed E-state index contributed by atoms with van der Waals surface area (Å²) < 4.78 is 38.2. The van der Waals surface area contributed by atoms with Gasteiger partial charge in [-0.2, -0.15) is 13.2 Å². The van der Waals surface area contributed by atoms with Crippen LogP contribution in [0.25, 0.3) is 0 Å². The Morgan fingerprint density at radius 3 is 2.44 bits per heavy atom. The van der Waals surface area contributed by atoms with Crippen molar-refractivity contribution in [3.8, 4) is 0 Å². The molecule has 0 bridgehead atoms. The SMILES string of the molecule is Nc1ccc(CNc2c(Cl)ccc3c2CCN(C(=O)C(F)(F)F)CC3)cc1. The van der Waals surface area contributed by atoms with Crippen LogP contribution in [0.1, 0.15) is 16.7 Å². The van der Waals surface area contributed by atoms with E-state index in [0.717, 1.165) is 21.6 Å². The normalized spacial score (nSPS) is 14.4. The first-order chi connectivity index (χ1) is 12.8. The maximum absolute atomic E-state index is 12.7. The van der Waals surface area contributed by atoms with Crippen molar-refractivity contribution in [3.63, 3.8) is 0 Å². The Kier molecular flexibility index (Phi) is 5.51. The van der Waals surface area contributed by atoms with Crippen LogP contribution in [0.3, 0.4) is 0 Å². The summed E-state index contributed by atoms with van der Waals surface area (Å²) in [7, 11) is 0. The molecule has 2 aromatic rings. The van der Waals surface area contributed by atoms with Crippen LogP contribution < -0.4 is 11.1 Å². The number of hydrogen-bond acceptors (Lipinski definition) is 3. The second kappa shape index (κ2) is 7.68. The maximum atomic E-state index is 12.7. The fourth-order valence-electron chi connectivity index (χ4n) is 3.20. The third-order valence-electron chi connectivity index (χ3n) is 4.62. The molecule has 1 amide bonds. The molecule has 0 saturated heterocycles. The van der Waals surface area contributed by atoms with Crippen molar-refractivity contribution in [1.82, 2.24) is 4.90 Å². The van der Waals surface area contributed by atoms with Crippen molar-refractivity contribution < 1.29 is 18.0 Å². The summed E-state index contributed by atoms with van der Waals surface area (Å²) in [5, 5.41) is 3.78. The zero-order chi connectivity index (χ0) is 19.6. The molecule has 0 aromatic heterocycles. The van der Waals surface area contributed by atoms with Crippen molar-refractivity contribution in [2.24, 2.45) is 0 Å². The molecule has 27 heavy (non-hydrogen) atoms. The van der Waals surface area contributed by atoms with Crippen LogP contribution in [0, 0.1) is 0 Å². The minimum absolute atomic E-state index is 0.00222. The number of halogens is 4. The van der Waals surface area contributed by atoms with Gasteiger partial charge in [0.25, 0.3) is 0 Å². The number of nitrogens with one attached hydrogen (secondary N) is 1. The van der Waals surface area contributed by atoms with E-state index in [-0.39, 0.29) is 13.1 Å². The van der Waals surface area contributed by atoms with E-state index in [0.29, 0.717) is 35.8 Å². The average molecular weight is 398 g/mol. The first-order valence-electron chi connectivity index (χ1n) is 8.50. The van der Waals surface area contributed by atoms with Gasteiger partial charge in [0.1, 0.15) is 0 Å². The molecule has 144 valence electrons. The lowest BCUT2D eigenvalue weighted by atomic mass is 10.0. The number of carbonyl (C=O) groups is 1. The molecule has 8 heteroatoms. The predicted octanol–water partition coefficient (Wildman–Crippen LogP) is 4.02. The van der Waals surface area contributed by atoms with Gasteiger partial charge in [0, 0.05) is 25.3 Å². The number of rotatable bonds is 3. The maximum Gasteiger partial charge on any atom is 0.471 e. The Morgan fingerprint density at radius 1 is 1.11 bits per heavy atom. The molecule has 4 nitrogen and oxygen atoms in total. The molecule has 1 aliphatic heterocycles. The average Bonchev–Trinajstić information content (AvgIpc) is 2.83. The number of hydrogen-bond donors (Lipinski definition) is 2. The number of nitrogen functional groups attached to an aromatic ring is 1. The Hall–Kier alpha value is -2.41. The Labute approximate surface area is 160 Å². The molecule has 1 aliphatic rings. The van der Waals surface area contributed by atoms with Gasteiger partial charge >= 0.3 is 12.1 Å². The third-order valence-corrected chi connectivity index (χ3v) is 4.94. The van der Waals surface area contributed by atoms with Crippen LogP contribution in [0.5, 0.6) is 0 Å². The van der Waals surface area contributed by atoms with Crippen molar-refractivity contribution in [2.75, 3.05) is 24.1 Å². The van der Waals surface area contributed by atoms with Gasteiger partial charge < -0.3 is 16.0 Å². The standard InChI is InChI=1S/C19H19ClF3N3O/c20-16-6-3-13-7-9-26(18(27)19(21,22)23)10-8-15(13)17(16)25-11-12-1-4-14(24)5-2-12/h1-6,25H,7-11,24H2. The zero-order valence-electron chi connectivity index (χ0n) is 14.4. The molecule has 0 fully saturated rings. The van der Waals surface area contributed by atoms with Crippen LogP contribution >= 0.6 is 11.6 Å². The van der Waals surface area contributed by atoms with Crippen LogP contribution in [0.2, 0.25) is 5.02 Å². The van der Waals surface area contributed by atoms with Crippen molar-refractivity contribution >= 4 is 28.9 Å². The summed E-state index contributed by atoms with van der Waals surface area (Å²) in [6.07, 6.45) is -4.20. The van der Waals surface area contributed by atoms with Gasteiger partial charge in [0.05, 0.1) is 10.7 Å². The van der Waals surface area contributed by atoms with Gasteiger partial charge in [0.15, 0.2) is 0 Å². The predicted molar refractivity (Wildman–Crippen MR) is 99.7 cm³/mol. The fourth-order valence-corrected chi connectivity index (χ4v) is 3.44. The first-order valence-corrected chi connectivity index (χ1v) is 8.88.